The maximum Gasteiger partial charge on any atom is -0.0178 e. The van der Waals surface area contributed by atoms with Crippen LogP contribution in [-0.4, -0.2) is 0 Å². The minimum absolute atomic E-state index is 0.741. The van der Waals surface area contributed by atoms with E-state index in [0.717, 1.165) is 5.92 Å². The molecule has 0 aliphatic rings. The quantitative estimate of drug-likeness (QED) is 0.656. The summed E-state index contributed by atoms with van der Waals surface area (Å²) in [5.74, 6) is 0.741. The first kappa shape index (κ1) is 11.3. The number of benzene rings is 1. The van der Waals surface area contributed by atoms with Crippen LogP contribution in [0.4, 0.5) is 0 Å². The minimum Gasteiger partial charge on any atom is -0.0654 e. The van der Waals surface area contributed by atoms with Gasteiger partial charge < -0.3 is 0 Å². The second kappa shape index (κ2) is 5.85. The van der Waals surface area contributed by atoms with Crippen molar-refractivity contribution in [3.8, 4) is 0 Å². The van der Waals surface area contributed by atoms with Crippen molar-refractivity contribution < 1.29 is 0 Å². The van der Waals surface area contributed by atoms with Gasteiger partial charge in [-0.2, -0.15) is 0 Å². The van der Waals surface area contributed by atoms with Gasteiger partial charge in [0.05, 0.1) is 0 Å². The van der Waals surface area contributed by atoms with Crippen molar-refractivity contribution in [2.45, 2.75) is 46.5 Å². The molecule has 0 N–H and O–H groups in total. The van der Waals surface area contributed by atoms with Gasteiger partial charge in [-0.25, -0.2) is 0 Å². The first-order chi connectivity index (χ1) is 6.72. The number of aryl methyl sites for hydroxylation is 1. The third kappa shape index (κ3) is 3.95. The molecule has 0 spiro atoms. The molecule has 0 saturated heterocycles. The highest BCUT2D eigenvalue weighted by Gasteiger charge is 1.99. The Kier molecular flexibility index (Phi) is 4.72. The molecular weight excluding hydrogens is 168 g/mol. The van der Waals surface area contributed by atoms with Gasteiger partial charge in [0.1, 0.15) is 0 Å². The highest BCUT2D eigenvalue weighted by Crippen LogP contribution is 2.12. The lowest BCUT2D eigenvalue weighted by Crippen LogP contribution is -1.95. The van der Waals surface area contributed by atoms with Crippen molar-refractivity contribution in [1.29, 1.82) is 0 Å². The van der Waals surface area contributed by atoms with Crippen LogP contribution in [0.15, 0.2) is 18.2 Å². The SMILES string of the molecule is CCCCc1c[c]cc(CC(C)C)c1. The molecule has 0 aromatic heterocycles. The van der Waals surface area contributed by atoms with E-state index >= 15 is 0 Å². The lowest BCUT2D eigenvalue weighted by Gasteiger charge is -2.06. The van der Waals surface area contributed by atoms with Crippen LogP contribution in [0.1, 0.15) is 44.7 Å². The monoisotopic (exact) mass is 189 g/mol. The average Bonchev–Trinajstić information content (AvgIpc) is 2.14. The van der Waals surface area contributed by atoms with Crippen LogP contribution in [0.2, 0.25) is 0 Å². The van der Waals surface area contributed by atoms with Crippen LogP contribution < -0.4 is 0 Å². The maximum absolute atomic E-state index is 3.24. The molecule has 0 aliphatic heterocycles. The number of rotatable bonds is 5. The van der Waals surface area contributed by atoms with Crippen molar-refractivity contribution in [2.75, 3.05) is 0 Å². The van der Waals surface area contributed by atoms with E-state index in [0.29, 0.717) is 0 Å². The van der Waals surface area contributed by atoms with Gasteiger partial charge in [0, 0.05) is 0 Å². The molecule has 0 amide bonds. The largest absolute Gasteiger partial charge is 0.0654 e. The summed E-state index contributed by atoms with van der Waals surface area (Å²) in [5.41, 5.74) is 2.89. The van der Waals surface area contributed by atoms with E-state index in [1.807, 2.05) is 0 Å². The fraction of sp³-hybridized carbons (Fsp3) is 0.571. The molecule has 1 aromatic carbocycles. The molecule has 14 heavy (non-hydrogen) atoms. The molecule has 1 radical (unpaired) electrons. The number of unbranched alkanes of at least 4 members (excludes halogenated alkanes) is 1. The fourth-order valence-corrected chi connectivity index (χ4v) is 1.69. The van der Waals surface area contributed by atoms with Crippen LogP contribution in [0, 0.1) is 12.0 Å². The molecule has 0 unspecified atom stereocenters. The molecule has 0 heterocycles. The minimum atomic E-state index is 0.741. The van der Waals surface area contributed by atoms with Crippen LogP contribution in [0.5, 0.6) is 0 Å². The van der Waals surface area contributed by atoms with Crippen LogP contribution in [-0.2, 0) is 12.8 Å². The number of hydrogen-bond donors (Lipinski definition) is 0. The molecule has 0 atom stereocenters. The van der Waals surface area contributed by atoms with Gasteiger partial charge in [0.2, 0.25) is 0 Å². The molecule has 77 valence electrons. The van der Waals surface area contributed by atoms with Crippen molar-refractivity contribution in [1.82, 2.24) is 0 Å². The van der Waals surface area contributed by atoms with E-state index < -0.39 is 0 Å². The van der Waals surface area contributed by atoms with E-state index in [9.17, 15) is 0 Å². The first-order valence-corrected chi connectivity index (χ1v) is 5.71. The van der Waals surface area contributed by atoms with Crippen molar-refractivity contribution >= 4 is 0 Å². The molecule has 0 bridgehead atoms. The predicted octanol–water partition coefficient (Wildman–Crippen LogP) is 4.03. The topological polar surface area (TPSA) is 0 Å². The van der Waals surface area contributed by atoms with E-state index in [1.54, 1.807) is 0 Å². The molecule has 0 aliphatic carbocycles. The molecule has 0 heteroatoms. The maximum atomic E-state index is 3.24. The molecular formula is C14H21. The van der Waals surface area contributed by atoms with Crippen LogP contribution in [0.25, 0.3) is 0 Å². The Labute approximate surface area is 88.4 Å². The molecule has 1 aromatic rings. The Bertz CT molecular complexity index is 260. The second-order valence-electron chi connectivity index (χ2n) is 4.45. The summed E-state index contributed by atoms with van der Waals surface area (Å²) in [4.78, 5) is 0. The highest BCUT2D eigenvalue weighted by atomic mass is 14.0. The third-order valence-electron chi connectivity index (χ3n) is 2.37. The summed E-state index contributed by atoms with van der Waals surface area (Å²) >= 11 is 0. The Hall–Kier alpha value is -0.780. The number of hydrogen-bond acceptors (Lipinski definition) is 0. The lowest BCUT2D eigenvalue weighted by atomic mass is 9.99. The second-order valence-corrected chi connectivity index (χ2v) is 4.45. The van der Waals surface area contributed by atoms with E-state index in [4.69, 9.17) is 0 Å². The van der Waals surface area contributed by atoms with Crippen molar-refractivity contribution in [2.24, 2.45) is 5.92 Å². The van der Waals surface area contributed by atoms with Crippen molar-refractivity contribution in [3.05, 3.63) is 35.4 Å². The van der Waals surface area contributed by atoms with Gasteiger partial charge in [-0.05, 0) is 42.4 Å². The lowest BCUT2D eigenvalue weighted by molar-refractivity contribution is 0.646. The Balaban J connectivity index is 2.59. The fourth-order valence-electron chi connectivity index (χ4n) is 1.69. The zero-order valence-electron chi connectivity index (χ0n) is 9.64. The van der Waals surface area contributed by atoms with Gasteiger partial charge in [-0.1, -0.05) is 45.4 Å². The van der Waals surface area contributed by atoms with E-state index in [2.05, 4.69) is 45.0 Å². The van der Waals surface area contributed by atoms with Crippen LogP contribution >= 0.6 is 0 Å². The Morgan fingerprint density at radius 3 is 2.57 bits per heavy atom. The zero-order chi connectivity index (χ0) is 10.4. The molecule has 0 nitrogen and oxygen atoms in total. The van der Waals surface area contributed by atoms with Gasteiger partial charge in [-0.15, -0.1) is 0 Å². The summed E-state index contributed by atoms with van der Waals surface area (Å²) in [6.07, 6.45) is 4.95. The first-order valence-electron chi connectivity index (χ1n) is 5.71. The zero-order valence-corrected chi connectivity index (χ0v) is 9.64. The van der Waals surface area contributed by atoms with Gasteiger partial charge in [-0.3, -0.25) is 0 Å². The van der Waals surface area contributed by atoms with Crippen LogP contribution in [0.3, 0.4) is 0 Å². The summed E-state index contributed by atoms with van der Waals surface area (Å²) in [6, 6.07) is 9.83. The van der Waals surface area contributed by atoms with E-state index in [-0.39, 0.29) is 0 Å². The predicted molar refractivity (Wildman–Crippen MR) is 62.4 cm³/mol. The standard InChI is InChI=1S/C14H21/c1-4-5-7-13-8-6-9-14(11-13)10-12(2)3/h8-9,11-12H,4-5,7,10H2,1-3H3. The Morgan fingerprint density at radius 1 is 1.21 bits per heavy atom. The third-order valence-corrected chi connectivity index (χ3v) is 2.37. The summed E-state index contributed by atoms with van der Waals surface area (Å²) in [7, 11) is 0. The summed E-state index contributed by atoms with van der Waals surface area (Å²) in [6.45, 7) is 6.76. The average molecular weight is 189 g/mol. The highest BCUT2D eigenvalue weighted by molar-refractivity contribution is 5.23. The molecule has 0 saturated carbocycles. The smallest absolute Gasteiger partial charge is 0.0178 e. The van der Waals surface area contributed by atoms with Crippen molar-refractivity contribution in [3.63, 3.8) is 0 Å². The Morgan fingerprint density at radius 2 is 1.93 bits per heavy atom. The van der Waals surface area contributed by atoms with Gasteiger partial charge in [0.15, 0.2) is 0 Å². The van der Waals surface area contributed by atoms with Gasteiger partial charge >= 0.3 is 0 Å². The normalized spacial score (nSPS) is 10.9. The summed E-state index contributed by atoms with van der Waals surface area (Å²) in [5, 5.41) is 0. The molecule has 0 fully saturated rings. The molecule has 1 rings (SSSR count). The van der Waals surface area contributed by atoms with E-state index in [1.165, 1.54) is 36.8 Å². The van der Waals surface area contributed by atoms with Gasteiger partial charge in [0.25, 0.3) is 0 Å². The summed E-state index contributed by atoms with van der Waals surface area (Å²) < 4.78 is 0.